The van der Waals surface area contributed by atoms with Gasteiger partial charge in [0, 0.05) is 71.7 Å². The lowest BCUT2D eigenvalue weighted by molar-refractivity contribution is -0.131. The predicted molar refractivity (Wildman–Crippen MR) is 122 cm³/mol. The number of rotatable bonds is 9. The van der Waals surface area contributed by atoms with E-state index in [1.165, 1.54) is 32.1 Å². The number of hydrogen-bond acceptors (Lipinski definition) is 6. The number of hydrogen-bond donors (Lipinski definition) is 2. The van der Waals surface area contributed by atoms with Crippen molar-refractivity contribution >= 4 is 17.8 Å². The molecule has 0 unspecified atom stereocenters. The van der Waals surface area contributed by atoms with Gasteiger partial charge in [-0.1, -0.05) is 19.3 Å². The number of guanidine groups is 1. The van der Waals surface area contributed by atoms with Crippen molar-refractivity contribution in [3.63, 3.8) is 0 Å². The van der Waals surface area contributed by atoms with Crippen LogP contribution in [0.3, 0.4) is 0 Å². The van der Waals surface area contributed by atoms with Crippen LogP contribution in [0.5, 0.6) is 0 Å². The summed E-state index contributed by atoms with van der Waals surface area (Å²) in [6.07, 6.45) is 11.7. The lowest BCUT2D eigenvalue weighted by Gasteiger charge is -2.34. The Hall–Kier alpha value is -2.42. The van der Waals surface area contributed by atoms with Crippen molar-refractivity contribution in [1.82, 2.24) is 25.5 Å². The van der Waals surface area contributed by atoms with Crippen LogP contribution < -0.4 is 15.5 Å². The molecule has 3 rings (SSSR count). The first kappa shape index (κ1) is 23.2. The molecule has 0 bridgehead atoms. The van der Waals surface area contributed by atoms with Gasteiger partial charge in [0.25, 0.3) is 0 Å². The van der Waals surface area contributed by atoms with Gasteiger partial charge in [-0.05, 0) is 25.3 Å². The fourth-order valence-corrected chi connectivity index (χ4v) is 4.04. The Balaban J connectivity index is 1.24. The third kappa shape index (κ3) is 7.97. The van der Waals surface area contributed by atoms with Gasteiger partial charge in [-0.15, -0.1) is 0 Å². The van der Waals surface area contributed by atoms with Crippen LogP contribution in [0.2, 0.25) is 0 Å². The molecule has 0 spiro atoms. The van der Waals surface area contributed by atoms with Crippen LogP contribution in [0.15, 0.2) is 23.5 Å². The highest BCUT2D eigenvalue weighted by molar-refractivity contribution is 5.81. The number of carbonyl (C=O) groups is 1. The molecule has 0 aromatic carbocycles. The monoisotopic (exact) mass is 431 g/mol. The Labute approximate surface area is 185 Å². The molecule has 1 aliphatic carbocycles. The van der Waals surface area contributed by atoms with Crippen LogP contribution in [0.25, 0.3) is 0 Å². The van der Waals surface area contributed by atoms with Gasteiger partial charge >= 0.3 is 0 Å². The summed E-state index contributed by atoms with van der Waals surface area (Å²) in [7, 11) is 1.75. The third-order valence-corrected chi connectivity index (χ3v) is 5.84. The van der Waals surface area contributed by atoms with Crippen LogP contribution >= 0.6 is 0 Å². The fraction of sp³-hybridized carbons (Fsp3) is 0.727. The van der Waals surface area contributed by atoms with Gasteiger partial charge in [0.05, 0.1) is 6.10 Å². The van der Waals surface area contributed by atoms with E-state index in [0.29, 0.717) is 32.2 Å². The average Bonchev–Trinajstić information content (AvgIpc) is 2.84. The van der Waals surface area contributed by atoms with Gasteiger partial charge in [0.2, 0.25) is 11.9 Å². The van der Waals surface area contributed by atoms with Gasteiger partial charge in [0.15, 0.2) is 5.96 Å². The van der Waals surface area contributed by atoms with Crippen molar-refractivity contribution in [2.75, 3.05) is 57.8 Å². The molecule has 1 aliphatic heterocycles. The molecule has 2 aliphatic rings. The van der Waals surface area contributed by atoms with E-state index >= 15 is 0 Å². The Bertz CT molecular complexity index is 672. The molecule has 2 N–H and O–H groups in total. The zero-order valence-corrected chi connectivity index (χ0v) is 18.8. The molecule has 1 saturated carbocycles. The van der Waals surface area contributed by atoms with E-state index < -0.39 is 0 Å². The van der Waals surface area contributed by atoms with E-state index in [-0.39, 0.29) is 5.91 Å². The number of aromatic nitrogens is 2. The van der Waals surface area contributed by atoms with E-state index in [2.05, 4.69) is 30.5 Å². The molecule has 1 saturated heterocycles. The van der Waals surface area contributed by atoms with Crippen molar-refractivity contribution in [3.05, 3.63) is 18.5 Å². The number of anilines is 1. The molecule has 31 heavy (non-hydrogen) atoms. The Kier molecular flexibility index (Phi) is 9.82. The van der Waals surface area contributed by atoms with E-state index in [1.807, 2.05) is 11.0 Å². The van der Waals surface area contributed by atoms with Crippen LogP contribution in [0, 0.1) is 0 Å². The van der Waals surface area contributed by atoms with Gasteiger partial charge in [0.1, 0.15) is 0 Å². The smallest absolute Gasteiger partial charge is 0.225 e. The van der Waals surface area contributed by atoms with Crippen molar-refractivity contribution in [3.8, 4) is 0 Å². The summed E-state index contributed by atoms with van der Waals surface area (Å²) in [6, 6.07) is 1.81. The fourth-order valence-electron chi connectivity index (χ4n) is 4.04. The molecule has 9 nitrogen and oxygen atoms in total. The molecule has 2 fully saturated rings. The molecule has 9 heteroatoms. The normalized spacial score (nSPS) is 18.2. The summed E-state index contributed by atoms with van der Waals surface area (Å²) in [6.45, 7) is 5.08. The third-order valence-electron chi connectivity index (χ3n) is 5.84. The van der Waals surface area contributed by atoms with Crippen molar-refractivity contribution in [2.24, 2.45) is 4.99 Å². The maximum atomic E-state index is 12.5. The number of aliphatic imine (C=N–C) groups is 1. The first-order chi connectivity index (χ1) is 15.3. The Morgan fingerprint density at radius 3 is 2.52 bits per heavy atom. The highest BCUT2D eigenvalue weighted by Gasteiger charge is 2.22. The van der Waals surface area contributed by atoms with E-state index in [9.17, 15) is 4.79 Å². The summed E-state index contributed by atoms with van der Waals surface area (Å²) < 4.78 is 5.95. The Morgan fingerprint density at radius 1 is 1.10 bits per heavy atom. The summed E-state index contributed by atoms with van der Waals surface area (Å²) in [5.74, 6) is 1.63. The van der Waals surface area contributed by atoms with Crippen LogP contribution in [0.4, 0.5) is 5.95 Å². The van der Waals surface area contributed by atoms with Crippen molar-refractivity contribution in [2.45, 2.75) is 51.0 Å². The largest absolute Gasteiger partial charge is 0.378 e. The Morgan fingerprint density at radius 2 is 1.81 bits per heavy atom. The molecule has 172 valence electrons. The zero-order valence-electron chi connectivity index (χ0n) is 18.8. The predicted octanol–water partition coefficient (Wildman–Crippen LogP) is 1.42. The molecular weight excluding hydrogens is 394 g/mol. The molecule has 2 heterocycles. The minimum atomic E-state index is 0.164. The number of carbonyl (C=O) groups excluding carboxylic acids is 1. The van der Waals surface area contributed by atoms with Gasteiger partial charge in [-0.25, -0.2) is 9.97 Å². The molecule has 0 radical (unpaired) electrons. The first-order valence-electron chi connectivity index (χ1n) is 11.6. The molecular formula is C22H37N7O2. The van der Waals surface area contributed by atoms with E-state index in [4.69, 9.17) is 4.74 Å². The second kappa shape index (κ2) is 13.1. The summed E-state index contributed by atoms with van der Waals surface area (Å²) in [5.41, 5.74) is 0. The topological polar surface area (TPSA) is 95.0 Å². The standard InChI is InChI=1S/C22H37N7O2/c1-23-21(24-12-6-18-31-19-7-3-2-4-8-19)25-13-9-20(30)28-14-16-29(17-15-28)22-26-10-5-11-27-22/h5,10-11,19H,2-4,6-9,12-18H2,1H3,(H2,23,24,25). The van der Waals surface area contributed by atoms with Crippen LogP contribution in [-0.4, -0.2) is 85.8 Å². The second-order valence-corrected chi connectivity index (χ2v) is 8.08. The minimum absolute atomic E-state index is 0.164. The van der Waals surface area contributed by atoms with Crippen molar-refractivity contribution < 1.29 is 9.53 Å². The van der Waals surface area contributed by atoms with Gasteiger partial charge < -0.3 is 25.2 Å². The zero-order chi connectivity index (χ0) is 21.7. The van der Waals surface area contributed by atoms with Crippen LogP contribution in [-0.2, 0) is 9.53 Å². The highest BCUT2D eigenvalue weighted by atomic mass is 16.5. The number of ether oxygens (including phenoxy) is 1. The minimum Gasteiger partial charge on any atom is -0.378 e. The SMILES string of the molecule is CN=C(NCCCOC1CCCCC1)NCCC(=O)N1CCN(c2ncccn2)CC1. The second-order valence-electron chi connectivity index (χ2n) is 8.08. The number of nitrogens with zero attached hydrogens (tertiary/aromatic N) is 5. The maximum Gasteiger partial charge on any atom is 0.225 e. The molecule has 0 atom stereocenters. The highest BCUT2D eigenvalue weighted by Crippen LogP contribution is 2.20. The molecule has 1 amide bonds. The first-order valence-corrected chi connectivity index (χ1v) is 11.6. The summed E-state index contributed by atoms with van der Waals surface area (Å²) in [5, 5.41) is 6.53. The van der Waals surface area contributed by atoms with Gasteiger partial charge in [-0.2, -0.15) is 0 Å². The number of amides is 1. The maximum absolute atomic E-state index is 12.5. The van der Waals surface area contributed by atoms with Crippen LogP contribution in [0.1, 0.15) is 44.9 Å². The van der Waals surface area contributed by atoms with E-state index in [0.717, 1.165) is 44.6 Å². The van der Waals surface area contributed by atoms with E-state index in [1.54, 1.807) is 19.4 Å². The number of piperazine rings is 1. The quantitative estimate of drug-likeness (QED) is 0.347. The molecule has 1 aromatic rings. The lowest BCUT2D eigenvalue weighted by Crippen LogP contribution is -2.50. The molecule has 1 aromatic heterocycles. The summed E-state index contributed by atoms with van der Waals surface area (Å²) >= 11 is 0. The van der Waals surface area contributed by atoms with Gasteiger partial charge in [-0.3, -0.25) is 9.79 Å². The summed E-state index contributed by atoms with van der Waals surface area (Å²) in [4.78, 5) is 29.4. The lowest BCUT2D eigenvalue weighted by atomic mass is 9.98. The average molecular weight is 432 g/mol. The number of nitrogens with one attached hydrogen (secondary N) is 2. The van der Waals surface area contributed by atoms with Crippen molar-refractivity contribution in [1.29, 1.82) is 0 Å².